The predicted octanol–water partition coefficient (Wildman–Crippen LogP) is 1.48. The Morgan fingerprint density at radius 3 is 2.50 bits per heavy atom. The maximum Gasteiger partial charge on any atom is 0.160 e. The largest absolute Gasteiger partial charge is 0.388 e. The van der Waals surface area contributed by atoms with Gasteiger partial charge in [0.1, 0.15) is 0 Å². The van der Waals surface area contributed by atoms with E-state index in [2.05, 4.69) is 0 Å². The van der Waals surface area contributed by atoms with Crippen molar-refractivity contribution in [1.82, 2.24) is 0 Å². The van der Waals surface area contributed by atoms with Gasteiger partial charge in [0.2, 0.25) is 0 Å². The van der Waals surface area contributed by atoms with E-state index >= 15 is 0 Å². The van der Waals surface area contributed by atoms with Gasteiger partial charge in [-0.25, -0.2) is 0 Å². The van der Waals surface area contributed by atoms with Crippen LogP contribution in [-0.2, 0) is 9.47 Å². The molecule has 0 spiro atoms. The summed E-state index contributed by atoms with van der Waals surface area (Å²) < 4.78 is 10.5. The molecule has 0 bridgehead atoms. The van der Waals surface area contributed by atoms with Crippen molar-refractivity contribution in [2.45, 2.75) is 18.8 Å². The quantitative estimate of drug-likeness (QED) is 0.792. The highest BCUT2D eigenvalue weighted by molar-refractivity contribution is 5.17. The SMILES string of the molecule is O[C@H](CC1OCCO1)c1ccccc1. The average molecular weight is 194 g/mol. The Bertz CT molecular complexity index is 267. The smallest absolute Gasteiger partial charge is 0.160 e. The fourth-order valence-corrected chi connectivity index (χ4v) is 1.54. The molecule has 1 heterocycles. The van der Waals surface area contributed by atoms with Gasteiger partial charge in [-0.2, -0.15) is 0 Å². The minimum Gasteiger partial charge on any atom is -0.388 e. The maximum absolute atomic E-state index is 9.82. The molecule has 1 aromatic rings. The summed E-state index contributed by atoms with van der Waals surface area (Å²) in [5.41, 5.74) is 0.909. The van der Waals surface area contributed by atoms with Gasteiger partial charge < -0.3 is 14.6 Å². The second-order valence-electron chi connectivity index (χ2n) is 3.33. The van der Waals surface area contributed by atoms with Gasteiger partial charge in [-0.3, -0.25) is 0 Å². The van der Waals surface area contributed by atoms with Gasteiger partial charge >= 0.3 is 0 Å². The molecular weight excluding hydrogens is 180 g/mol. The molecule has 1 fully saturated rings. The lowest BCUT2D eigenvalue weighted by Gasteiger charge is -2.14. The average Bonchev–Trinajstić information content (AvgIpc) is 2.72. The molecule has 2 rings (SSSR count). The maximum atomic E-state index is 9.82. The molecule has 1 saturated heterocycles. The monoisotopic (exact) mass is 194 g/mol. The molecule has 3 nitrogen and oxygen atoms in total. The van der Waals surface area contributed by atoms with Gasteiger partial charge in [-0.1, -0.05) is 30.3 Å². The highest BCUT2D eigenvalue weighted by atomic mass is 16.7. The van der Waals surface area contributed by atoms with Crippen LogP contribution in [0.2, 0.25) is 0 Å². The van der Waals surface area contributed by atoms with Crippen molar-refractivity contribution in [2.24, 2.45) is 0 Å². The number of ether oxygens (including phenoxy) is 2. The second kappa shape index (κ2) is 4.55. The van der Waals surface area contributed by atoms with Gasteiger partial charge in [-0.15, -0.1) is 0 Å². The van der Waals surface area contributed by atoms with Crippen LogP contribution in [-0.4, -0.2) is 24.6 Å². The topological polar surface area (TPSA) is 38.7 Å². The van der Waals surface area contributed by atoms with E-state index in [0.717, 1.165) is 5.56 Å². The number of hydrogen-bond donors (Lipinski definition) is 1. The van der Waals surface area contributed by atoms with Crippen molar-refractivity contribution in [2.75, 3.05) is 13.2 Å². The van der Waals surface area contributed by atoms with Crippen LogP contribution in [0.4, 0.5) is 0 Å². The lowest BCUT2D eigenvalue weighted by atomic mass is 10.1. The van der Waals surface area contributed by atoms with E-state index in [0.29, 0.717) is 19.6 Å². The third-order valence-corrected chi connectivity index (χ3v) is 2.29. The molecular formula is C11H14O3. The van der Waals surface area contributed by atoms with Gasteiger partial charge in [-0.05, 0) is 5.56 Å². The lowest BCUT2D eigenvalue weighted by Crippen LogP contribution is -2.12. The van der Waals surface area contributed by atoms with Crippen molar-refractivity contribution in [3.63, 3.8) is 0 Å². The van der Waals surface area contributed by atoms with Crippen molar-refractivity contribution in [3.05, 3.63) is 35.9 Å². The summed E-state index contributed by atoms with van der Waals surface area (Å²) in [7, 11) is 0. The Hall–Kier alpha value is -0.900. The van der Waals surface area contributed by atoms with Crippen molar-refractivity contribution >= 4 is 0 Å². The Kier molecular flexibility index (Phi) is 3.14. The zero-order valence-corrected chi connectivity index (χ0v) is 7.93. The van der Waals surface area contributed by atoms with E-state index in [4.69, 9.17) is 9.47 Å². The van der Waals surface area contributed by atoms with Gasteiger partial charge in [0, 0.05) is 6.42 Å². The van der Waals surface area contributed by atoms with Crippen molar-refractivity contribution in [3.8, 4) is 0 Å². The molecule has 1 N–H and O–H groups in total. The number of benzene rings is 1. The summed E-state index contributed by atoms with van der Waals surface area (Å²) in [5, 5.41) is 9.82. The van der Waals surface area contributed by atoms with Crippen LogP contribution in [0, 0.1) is 0 Å². The van der Waals surface area contributed by atoms with E-state index in [1.807, 2.05) is 30.3 Å². The van der Waals surface area contributed by atoms with E-state index < -0.39 is 6.10 Å². The fraction of sp³-hybridized carbons (Fsp3) is 0.455. The summed E-state index contributed by atoms with van der Waals surface area (Å²) in [6, 6.07) is 9.56. The van der Waals surface area contributed by atoms with E-state index in [-0.39, 0.29) is 6.29 Å². The number of rotatable bonds is 3. The van der Waals surface area contributed by atoms with Crippen LogP contribution in [0.5, 0.6) is 0 Å². The zero-order valence-electron chi connectivity index (χ0n) is 7.93. The van der Waals surface area contributed by atoms with Gasteiger partial charge in [0.15, 0.2) is 6.29 Å². The van der Waals surface area contributed by atoms with Crippen molar-refractivity contribution in [1.29, 1.82) is 0 Å². The molecule has 1 atom stereocenters. The van der Waals surface area contributed by atoms with E-state index in [1.54, 1.807) is 0 Å². The van der Waals surface area contributed by atoms with E-state index in [1.165, 1.54) is 0 Å². The first-order chi connectivity index (χ1) is 6.86. The summed E-state index contributed by atoms with van der Waals surface area (Å²) in [6.45, 7) is 1.26. The van der Waals surface area contributed by atoms with Crippen molar-refractivity contribution < 1.29 is 14.6 Å². The number of aliphatic hydroxyl groups excluding tert-OH is 1. The first-order valence-corrected chi connectivity index (χ1v) is 4.82. The van der Waals surface area contributed by atoms with Crippen LogP contribution in [0.15, 0.2) is 30.3 Å². The number of hydrogen-bond acceptors (Lipinski definition) is 3. The first-order valence-electron chi connectivity index (χ1n) is 4.82. The van der Waals surface area contributed by atoms with Crippen LogP contribution < -0.4 is 0 Å². The van der Waals surface area contributed by atoms with Crippen LogP contribution in [0.1, 0.15) is 18.1 Å². The molecule has 1 aliphatic heterocycles. The minimum atomic E-state index is -0.501. The highest BCUT2D eigenvalue weighted by Gasteiger charge is 2.20. The molecule has 0 aromatic heterocycles. The summed E-state index contributed by atoms with van der Waals surface area (Å²) >= 11 is 0. The molecule has 1 aliphatic rings. The van der Waals surface area contributed by atoms with Gasteiger partial charge in [0.25, 0.3) is 0 Å². The first kappa shape index (κ1) is 9.65. The third-order valence-electron chi connectivity index (χ3n) is 2.29. The van der Waals surface area contributed by atoms with Crippen LogP contribution in [0.3, 0.4) is 0 Å². The normalized spacial score (nSPS) is 19.8. The number of aliphatic hydroxyl groups is 1. The Morgan fingerprint density at radius 2 is 1.86 bits per heavy atom. The zero-order chi connectivity index (χ0) is 9.80. The summed E-state index contributed by atoms with van der Waals surface area (Å²) in [4.78, 5) is 0. The lowest BCUT2D eigenvalue weighted by molar-refractivity contribution is -0.0707. The molecule has 76 valence electrons. The summed E-state index contributed by atoms with van der Waals surface area (Å²) in [5.74, 6) is 0. The second-order valence-corrected chi connectivity index (χ2v) is 3.33. The van der Waals surface area contributed by atoms with Crippen LogP contribution in [0.25, 0.3) is 0 Å². The predicted molar refractivity (Wildman–Crippen MR) is 51.7 cm³/mol. The summed E-state index contributed by atoms with van der Waals surface area (Å²) in [6.07, 6.45) is -0.242. The highest BCUT2D eigenvalue weighted by Crippen LogP contribution is 2.21. The Balaban J connectivity index is 1.92. The molecule has 14 heavy (non-hydrogen) atoms. The molecule has 3 heteroatoms. The molecule has 0 aliphatic carbocycles. The Labute approximate surface area is 83.3 Å². The van der Waals surface area contributed by atoms with Crippen LogP contribution >= 0.6 is 0 Å². The minimum absolute atomic E-state index is 0.245. The third kappa shape index (κ3) is 2.32. The van der Waals surface area contributed by atoms with Gasteiger partial charge in [0.05, 0.1) is 19.3 Å². The molecule has 0 amide bonds. The standard InChI is InChI=1S/C11H14O3/c12-10(8-11-13-6-7-14-11)9-4-2-1-3-5-9/h1-5,10-12H,6-8H2/t10-/m1/s1. The molecule has 0 saturated carbocycles. The fourth-order valence-electron chi connectivity index (χ4n) is 1.54. The van der Waals surface area contributed by atoms with E-state index in [9.17, 15) is 5.11 Å². The molecule has 0 unspecified atom stereocenters. The Morgan fingerprint density at radius 1 is 1.21 bits per heavy atom. The molecule has 0 radical (unpaired) electrons. The molecule has 1 aromatic carbocycles.